The molecule has 3 fully saturated rings. The van der Waals surface area contributed by atoms with Crippen molar-refractivity contribution >= 4 is 5.78 Å². The summed E-state index contributed by atoms with van der Waals surface area (Å²) in [5, 5.41) is 0. The standard InChI is InChI=1S/C16H26O/c1-10(2)15-9-14-8-13(6-5-12(4)17)16(15)7-11(14)3/h5-6,10-11,13-16H,7-9H2,1-4H3. The normalized spacial score (nSPS) is 41.4. The van der Waals surface area contributed by atoms with E-state index in [-0.39, 0.29) is 5.78 Å². The second-order valence-corrected chi connectivity index (χ2v) is 6.65. The largest absolute Gasteiger partial charge is 0.295 e. The van der Waals surface area contributed by atoms with Crippen LogP contribution in [0.1, 0.15) is 47.0 Å². The van der Waals surface area contributed by atoms with Gasteiger partial charge in [0.05, 0.1) is 0 Å². The number of carbonyl (C=O) groups excluding carboxylic acids is 1. The minimum Gasteiger partial charge on any atom is -0.295 e. The first kappa shape index (κ1) is 12.9. The van der Waals surface area contributed by atoms with Crippen LogP contribution in [0.4, 0.5) is 0 Å². The monoisotopic (exact) mass is 234 g/mol. The maximum Gasteiger partial charge on any atom is 0.152 e. The second kappa shape index (κ2) is 4.96. The number of fused-ring (bicyclic) bond motifs is 3. The van der Waals surface area contributed by atoms with Gasteiger partial charge in [0.25, 0.3) is 0 Å². The number of hydrogen-bond acceptors (Lipinski definition) is 1. The fourth-order valence-corrected chi connectivity index (χ4v) is 4.15. The second-order valence-electron chi connectivity index (χ2n) is 6.65. The molecule has 3 rings (SSSR count). The minimum absolute atomic E-state index is 0.195. The van der Waals surface area contributed by atoms with Crippen LogP contribution in [-0.2, 0) is 4.79 Å². The van der Waals surface area contributed by atoms with E-state index in [1.165, 1.54) is 19.3 Å². The van der Waals surface area contributed by atoms with Gasteiger partial charge in [0, 0.05) is 0 Å². The number of allylic oxidation sites excluding steroid dienone is 2. The highest BCUT2D eigenvalue weighted by atomic mass is 16.1. The van der Waals surface area contributed by atoms with Gasteiger partial charge in [-0.15, -0.1) is 0 Å². The van der Waals surface area contributed by atoms with Crippen molar-refractivity contribution in [1.82, 2.24) is 0 Å². The van der Waals surface area contributed by atoms with E-state index < -0.39 is 0 Å². The van der Waals surface area contributed by atoms with E-state index in [0.717, 1.165) is 29.6 Å². The molecular formula is C16H26O. The Kier molecular flexibility index (Phi) is 3.75. The van der Waals surface area contributed by atoms with Crippen molar-refractivity contribution in [3.8, 4) is 0 Å². The Balaban J connectivity index is 2.12. The Bertz CT molecular complexity index is 315. The van der Waals surface area contributed by atoms with Crippen molar-refractivity contribution in [3.63, 3.8) is 0 Å². The maximum atomic E-state index is 11.1. The Morgan fingerprint density at radius 2 is 1.94 bits per heavy atom. The molecular weight excluding hydrogens is 208 g/mol. The lowest BCUT2D eigenvalue weighted by Crippen LogP contribution is -2.43. The number of rotatable bonds is 3. The summed E-state index contributed by atoms with van der Waals surface area (Å²) in [6.45, 7) is 8.79. The molecule has 17 heavy (non-hydrogen) atoms. The molecule has 1 heteroatoms. The van der Waals surface area contributed by atoms with Crippen LogP contribution in [-0.4, -0.2) is 5.78 Å². The highest BCUT2D eigenvalue weighted by molar-refractivity contribution is 5.87. The van der Waals surface area contributed by atoms with Gasteiger partial charge in [-0.1, -0.05) is 26.8 Å². The molecule has 96 valence electrons. The Labute approximate surface area is 106 Å². The average Bonchev–Trinajstić information content (AvgIpc) is 2.26. The molecule has 0 saturated heterocycles. The van der Waals surface area contributed by atoms with Gasteiger partial charge in [0.15, 0.2) is 5.78 Å². The van der Waals surface area contributed by atoms with Crippen LogP contribution in [0, 0.1) is 35.5 Å². The average molecular weight is 234 g/mol. The van der Waals surface area contributed by atoms with E-state index in [1.807, 2.05) is 0 Å². The molecule has 0 aliphatic heterocycles. The molecule has 0 N–H and O–H groups in total. The van der Waals surface area contributed by atoms with Crippen LogP contribution in [0.5, 0.6) is 0 Å². The van der Waals surface area contributed by atoms with E-state index in [4.69, 9.17) is 0 Å². The summed E-state index contributed by atoms with van der Waals surface area (Å²) in [4.78, 5) is 11.1. The summed E-state index contributed by atoms with van der Waals surface area (Å²) in [5.41, 5.74) is 0. The number of hydrogen-bond donors (Lipinski definition) is 0. The van der Waals surface area contributed by atoms with Gasteiger partial charge in [-0.25, -0.2) is 0 Å². The van der Waals surface area contributed by atoms with Gasteiger partial charge >= 0.3 is 0 Å². The third-order valence-electron chi connectivity index (χ3n) is 5.13. The highest BCUT2D eigenvalue weighted by Gasteiger charge is 2.45. The van der Waals surface area contributed by atoms with Crippen molar-refractivity contribution in [1.29, 1.82) is 0 Å². The zero-order valence-corrected chi connectivity index (χ0v) is 11.6. The first-order chi connectivity index (χ1) is 7.99. The predicted molar refractivity (Wildman–Crippen MR) is 71.6 cm³/mol. The summed E-state index contributed by atoms with van der Waals surface area (Å²) < 4.78 is 0. The Hall–Kier alpha value is -0.590. The molecule has 0 amide bonds. The van der Waals surface area contributed by atoms with E-state index in [9.17, 15) is 4.79 Å². The number of carbonyl (C=O) groups is 1. The summed E-state index contributed by atoms with van der Waals surface area (Å²) in [5.74, 6) is 5.16. The van der Waals surface area contributed by atoms with Gasteiger partial charge in [-0.3, -0.25) is 4.79 Å². The molecule has 0 aromatic carbocycles. The van der Waals surface area contributed by atoms with Gasteiger partial charge in [0.1, 0.15) is 0 Å². The van der Waals surface area contributed by atoms with Crippen LogP contribution in [0.2, 0.25) is 0 Å². The lowest BCUT2D eigenvalue weighted by molar-refractivity contribution is -0.112. The SMILES string of the molecule is CC(=O)C=CC1CC2CC(C(C)C)C1CC2C. The van der Waals surface area contributed by atoms with Crippen molar-refractivity contribution < 1.29 is 4.79 Å². The van der Waals surface area contributed by atoms with E-state index in [0.29, 0.717) is 5.92 Å². The molecule has 0 spiro atoms. The van der Waals surface area contributed by atoms with Crippen molar-refractivity contribution in [3.05, 3.63) is 12.2 Å². The molecule has 5 unspecified atom stereocenters. The minimum atomic E-state index is 0.195. The molecule has 0 aromatic rings. The third-order valence-corrected chi connectivity index (χ3v) is 5.13. The molecule has 1 nitrogen and oxygen atoms in total. The van der Waals surface area contributed by atoms with Gasteiger partial charge in [0.2, 0.25) is 0 Å². The summed E-state index contributed by atoms with van der Waals surface area (Å²) >= 11 is 0. The first-order valence-corrected chi connectivity index (χ1v) is 7.17. The van der Waals surface area contributed by atoms with E-state index >= 15 is 0 Å². The zero-order valence-electron chi connectivity index (χ0n) is 11.6. The molecule has 3 aliphatic rings. The lowest BCUT2D eigenvalue weighted by Gasteiger charge is -2.51. The van der Waals surface area contributed by atoms with Crippen molar-refractivity contribution in [2.75, 3.05) is 0 Å². The van der Waals surface area contributed by atoms with Gasteiger partial charge in [-0.05, 0) is 67.8 Å². The first-order valence-electron chi connectivity index (χ1n) is 7.17. The number of ketones is 1. The fraction of sp³-hybridized carbons (Fsp3) is 0.812. The van der Waals surface area contributed by atoms with Crippen LogP contribution in [0.15, 0.2) is 12.2 Å². The van der Waals surface area contributed by atoms with Crippen molar-refractivity contribution in [2.45, 2.75) is 47.0 Å². The molecule has 2 bridgehead atoms. The van der Waals surface area contributed by atoms with Crippen LogP contribution < -0.4 is 0 Å². The lowest BCUT2D eigenvalue weighted by atomic mass is 9.54. The molecule has 0 aromatic heterocycles. The topological polar surface area (TPSA) is 17.1 Å². The van der Waals surface area contributed by atoms with Gasteiger partial charge in [-0.2, -0.15) is 0 Å². The summed E-state index contributed by atoms with van der Waals surface area (Å²) in [7, 11) is 0. The Morgan fingerprint density at radius 3 is 2.47 bits per heavy atom. The Morgan fingerprint density at radius 1 is 1.24 bits per heavy atom. The third kappa shape index (κ3) is 2.64. The quantitative estimate of drug-likeness (QED) is 0.672. The zero-order chi connectivity index (χ0) is 12.6. The summed E-state index contributed by atoms with van der Waals surface area (Å²) in [6.07, 6.45) is 8.13. The van der Waals surface area contributed by atoms with Crippen LogP contribution >= 0.6 is 0 Å². The highest BCUT2D eigenvalue weighted by Crippen LogP contribution is 2.53. The van der Waals surface area contributed by atoms with E-state index in [2.05, 4.69) is 26.8 Å². The smallest absolute Gasteiger partial charge is 0.152 e. The van der Waals surface area contributed by atoms with Crippen LogP contribution in [0.25, 0.3) is 0 Å². The van der Waals surface area contributed by atoms with Gasteiger partial charge < -0.3 is 0 Å². The van der Waals surface area contributed by atoms with Crippen LogP contribution in [0.3, 0.4) is 0 Å². The molecule has 0 radical (unpaired) electrons. The molecule has 5 atom stereocenters. The molecule has 0 heterocycles. The predicted octanol–water partition coefficient (Wildman–Crippen LogP) is 4.09. The molecule has 3 saturated carbocycles. The summed E-state index contributed by atoms with van der Waals surface area (Å²) in [6, 6.07) is 0. The maximum absolute atomic E-state index is 11.1. The fourth-order valence-electron chi connectivity index (χ4n) is 4.15. The van der Waals surface area contributed by atoms with Crippen molar-refractivity contribution in [2.24, 2.45) is 35.5 Å². The van der Waals surface area contributed by atoms with E-state index in [1.54, 1.807) is 13.0 Å². The molecule has 3 aliphatic carbocycles.